The molecule has 0 saturated carbocycles. The zero-order valence-electron chi connectivity index (χ0n) is 15.2. The molecule has 142 valence electrons. The average Bonchev–Trinajstić information content (AvgIpc) is 3.18. The largest absolute Gasteiger partial charge is 0.489 e. The second kappa shape index (κ2) is 7.63. The van der Waals surface area contributed by atoms with Gasteiger partial charge in [0.15, 0.2) is 5.76 Å². The van der Waals surface area contributed by atoms with E-state index in [4.69, 9.17) is 32.7 Å². The standard InChI is InChI=1S/C22H16Cl2O3S/c1-12-6-7-28-20(12)10-19-22(25)21-13(2)8-14(9-18(21)27-19)26-11-15-16(23)4-3-5-17(15)24/h3-10H,11H2,1-2H3/b19-10-. The molecule has 1 aliphatic heterocycles. The molecule has 28 heavy (non-hydrogen) atoms. The topological polar surface area (TPSA) is 35.5 Å². The number of fused-ring (bicyclic) bond motifs is 1. The third-order valence-corrected chi connectivity index (χ3v) is 6.23. The molecule has 4 rings (SSSR count). The molecule has 0 unspecified atom stereocenters. The Morgan fingerprint density at radius 1 is 1.11 bits per heavy atom. The first-order valence-electron chi connectivity index (χ1n) is 8.62. The summed E-state index contributed by atoms with van der Waals surface area (Å²) in [5.74, 6) is 1.32. The molecule has 6 heteroatoms. The van der Waals surface area contributed by atoms with Crippen molar-refractivity contribution in [1.29, 1.82) is 0 Å². The number of Topliss-reactive ketones (excluding diaryl/α,β-unsaturated/α-hetero) is 1. The third-order valence-electron chi connectivity index (χ3n) is 4.55. The molecule has 3 nitrogen and oxygen atoms in total. The first-order valence-corrected chi connectivity index (χ1v) is 10.3. The van der Waals surface area contributed by atoms with Crippen molar-refractivity contribution in [3.05, 3.63) is 84.7 Å². The normalized spacial score (nSPS) is 14.3. The maximum atomic E-state index is 12.8. The van der Waals surface area contributed by atoms with E-state index in [1.165, 1.54) is 0 Å². The highest BCUT2D eigenvalue weighted by Crippen LogP contribution is 2.38. The van der Waals surface area contributed by atoms with E-state index in [0.717, 1.165) is 21.6 Å². The monoisotopic (exact) mass is 430 g/mol. The number of carbonyl (C=O) groups excluding carboxylic acids is 1. The van der Waals surface area contributed by atoms with E-state index < -0.39 is 0 Å². The van der Waals surface area contributed by atoms with Gasteiger partial charge in [0.2, 0.25) is 5.78 Å². The molecule has 2 aromatic carbocycles. The second-order valence-corrected chi connectivity index (χ2v) is 8.27. The van der Waals surface area contributed by atoms with Crippen LogP contribution in [0.5, 0.6) is 11.5 Å². The Hall–Kier alpha value is -2.27. The van der Waals surface area contributed by atoms with Crippen LogP contribution < -0.4 is 9.47 Å². The van der Waals surface area contributed by atoms with Crippen molar-refractivity contribution >= 4 is 46.4 Å². The molecule has 2 heterocycles. The Balaban J connectivity index is 1.60. The quantitative estimate of drug-likeness (QED) is 0.423. The Labute approximate surface area is 177 Å². The van der Waals surface area contributed by atoms with E-state index in [1.807, 2.05) is 31.4 Å². The summed E-state index contributed by atoms with van der Waals surface area (Å²) in [4.78, 5) is 13.8. The fraction of sp³-hybridized carbons (Fsp3) is 0.136. The number of hydrogen-bond acceptors (Lipinski definition) is 4. The second-order valence-electron chi connectivity index (χ2n) is 6.51. The first-order chi connectivity index (χ1) is 13.4. The summed E-state index contributed by atoms with van der Waals surface area (Å²) in [6.45, 7) is 4.10. The third kappa shape index (κ3) is 3.55. The van der Waals surface area contributed by atoms with Crippen LogP contribution in [0.3, 0.4) is 0 Å². The smallest absolute Gasteiger partial charge is 0.232 e. The number of thiophene rings is 1. The molecule has 1 aliphatic rings. The van der Waals surface area contributed by atoms with E-state index >= 15 is 0 Å². The minimum absolute atomic E-state index is 0.110. The predicted octanol–water partition coefficient (Wildman–Crippen LogP) is 6.87. The highest BCUT2D eigenvalue weighted by molar-refractivity contribution is 7.11. The van der Waals surface area contributed by atoms with Crippen LogP contribution in [0.25, 0.3) is 6.08 Å². The number of rotatable bonds is 4. The van der Waals surface area contributed by atoms with Gasteiger partial charge in [0, 0.05) is 32.6 Å². The number of carbonyl (C=O) groups is 1. The van der Waals surface area contributed by atoms with Gasteiger partial charge in [0.1, 0.15) is 18.1 Å². The van der Waals surface area contributed by atoms with Crippen LogP contribution in [0.1, 0.15) is 31.9 Å². The number of hydrogen-bond donors (Lipinski definition) is 0. The summed E-state index contributed by atoms with van der Waals surface area (Å²) in [5.41, 5.74) is 3.20. The van der Waals surface area contributed by atoms with Crippen LogP contribution in [0.2, 0.25) is 10.0 Å². The van der Waals surface area contributed by atoms with Gasteiger partial charge in [-0.2, -0.15) is 0 Å². The number of allylic oxidation sites excluding steroid dienone is 1. The summed E-state index contributed by atoms with van der Waals surface area (Å²) >= 11 is 14.0. The maximum Gasteiger partial charge on any atom is 0.232 e. The van der Waals surface area contributed by atoms with Gasteiger partial charge in [-0.3, -0.25) is 4.79 Å². The summed E-state index contributed by atoms with van der Waals surface area (Å²) in [5, 5.41) is 3.09. The van der Waals surface area contributed by atoms with Gasteiger partial charge in [-0.15, -0.1) is 11.3 Å². The van der Waals surface area contributed by atoms with Gasteiger partial charge < -0.3 is 9.47 Å². The Morgan fingerprint density at radius 3 is 2.54 bits per heavy atom. The summed E-state index contributed by atoms with van der Waals surface area (Å²) in [6.07, 6.45) is 1.80. The molecule has 0 N–H and O–H groups in total. The Kier molecular flexibility index (Phi) is 5.19. The van der Waals surface area contributed by atoms with Crippen LogP contribution in [-0.4, -0.2) is 5.78 Å². The molecule has 0 aliphatic carbocycles. The molecule has 0 spiro atoms. The van der Waals surface area contributed by atoms with Gasteiger partial charge in [-0.25, -0.2) is 0 Å². The molecule has 0 radical (unpaired) electrons. The van der Waals surface area contributed by atoms with Crippen molar-refractivity contribution in [3.63, 3.8) is 0 Å². The number of aryl methyl sites for hydroxylation is 2. The molecule has 0 bridgehead atoms. The van der Waals surface area contributed by atoms with Crippen molar-refractivity contribution in [1.82, 2.24) is 0 Å². The highest BCUT2D eigenvalue weighted by Gasteiger charge is 2.30. The van der Waals surface area contributed by atoms with Gasteiger partial charge in [0.25, 0.3) is 0 Å². The van der Waals surface area contributed by atoms with E-state index in [-0.39, 0.29) is 12.4 Å². The lowest BCUT2D eigenvalue weighted by Crippen LogP contribution is -2.00. The molecule has 0 saturated heterocycles. The molecular weight excluding hydrogens is 415 g/mol. The van der Waals surface area contributed by atoms with Gasteiger partial charge in [0.05, 0.1) is 5.56 Å². The number of halogens is 2. The van der Waals surface area contributed by atoms with E-state index in [0.29, 0.717) is 32.9 Å². The van der Waals surface area contributed by atoms with Crippen LogP contribution in [0.4, 0.5) is 0 Å². The Bertz CT molecular complexity index is 1090. The van der Waals surface area contributed by atoms with Crippen molar-refractivity contribution < 1.29 is 14.3 Å². The minimum Gasteiger partial charge on any atom is -0.489 e. The zero-order valence-corrected chi connectivity index (χ0v) is 17.5. The highest BCUT2D eigenvalue weighted by atomic mass is 35.5. The summed E-state index contributed by atoms with van der Waals surface area (Å²) in [7, 11) is 0. The van der Waals surface area contributed by atoms with Gasteiger partial charge in [-0.1, -0.05) is 29.3 Å². The van der Waals surface area contributed by atoms with E-state index in [2.05, 4.69) is 0 Å². The summed E-state index contributed by atoms with van der Waals surface area (Å²) in [6, 6.07) is 10.9. The average molecular weight is 431 g/mol. The fourth-order valence-electron chi connectivity index (χ4n) is 3.04. The van der Waals surface area contributed by atoms with Crippen molar-refractivity contribution in [2.45, 2.75) is 20.5 Å². The van der Waals surface area contributed by atoms with Crippen molar-refractivity contribution in [2.75, 3.05) is 0 Å². The van der Waals surface area contributed by atoms with Crippen LogP contribution >= 0.6 is 34.5 Å². The number of ether oxygens (including phenoxy) is 2. The summed E-state index contributed by atoms with van der Waals surface area (Å²) < 4.78 is 11.7. The lowest BCUT2D eigenvalue weighted by atomic mass is 10.0. The lowest BCUT2D eigenvalue weighted by molar-refractivity contribution is 0.101. The van der Waals surface area contributed by atoms with Crippen LogP contribution in [0, 0.1) is 13.8 Å². The molecule has 0 fully saturated rings. The van der Waals surface area contributed by atoms with E-state index in [1.54, 1.807) is 41.7 Å². The minimum atomic E-state index is -0.110. The molecule has 0 amide bonds. The van der Waals surface area contributed by atoms with E-state index in [9.17, 15) is 4.79 Å². The fourth-order valence-corrected chi connectivity index (χ4v) is 4.39. The van der Waals surface area contributed by atoms with Crippen molar-refractivity contribution in [3.8, 4) is 11.5 Å². The molecular formula is C22H16Cl2O3S. The SMILES string of the molecule is Cc1ccsc1/C=C1\Oc2cc(OCc3c(Cl)cccc3Cl)cc(C)c2C1=O. The maximum absolute atomic E-state index is 12.8. The zero-order chi connectivity index (χ0) is 19.8. The number of ketones is 1. The van der Waals surface area contributed by atoms with Crippen LogP contribution in [0.15, 0.2) is 47.5 Å². The first kappa shape index (κ1) is 19.1. The molecule has 0 atom stereocenters. The van der Waals surface area contributed by atoms with Crippen molar-refractivity contribution in [2.24, 2.45) is 0 Å². The van der Waals surface area contributed by atoms with Gasteiger partial charge >= 0.3 is 0 Å². The Morgan fingerprint density at radius 2 is 1.86 bits per heavy atom. The predicted molar refractivity (Wildman–Crippen MR) is 114 cm³/mol. The molecule has 1 aromatic heterocycles. The van der Waals surface area contributed by atoms with Gasteiger partial charge in [-0.05, 0) is 54.6 Å². The molecule has 3 aromatic rings. The lowest BCUT2D eigenvalue weighted by Gasteiger charge is -2.11. The number of benzene rings is 2. The van der Waals surface area contributed by atoms with Crippen LogP contribution in [-0.2, 0) is 6.61 Å².